The zero-order chi connectivity index (χ0) is 23.3. The van der Waals surface area contributed by atoms with Crippen molar-refractivity contribution in [3.05, 3.63) is 84.2 Å². The van der Waals surface area contributed by atoms with Crippen molar-refractivity contribution in [1.82, 2.24) is 0 Å². The van der Waals surface area contributed by atoms with Gasteiger partial charge in [0.15, 0.2) is 0 Å². The largest absolute Gasteiger partial charge is 0.491 e. The maximum absolute atomic E-state index is 13.0. The predicted molar refractivity (Wildman–Crippen MR) is 123 cm³/mol. The van der Waals surface area contributed by atoms with E-state index in [1.165, 1.54) is 36.4 Å². The summed E-state index contributed by atoms with van der Waals surface area (Å²) in [5.41, 5.74) is 1.21. The molecule has 4 rings (SSSR count). The fourth-order valence-electron chi connectivity index (χ4n) is 3.35. The number of carbonyl (C=O) groups excluding carboxylic acids is 1. The zero-order valence-corrected chi connectivity index (χ0v) is 18.5. The maximum atomic E-state index is 13.0. The zero-order valence-electron chi connectivity index (χ0n) is 17.7. The van der Waals surface area contributed by atoms with Gasteiger partial charge < -0.3 is 14.8 Å². The molecular weight excluding hydrogens is 447 g/mol. The van der Waals surface area contributed by atoms with Crippen molar-refractivity contribution >= 4 is 27.3 Å². The van der Waals surface area contributed by atoms with Crippen molar-refractivity contribution in [3.8, 4) is 5.75 Å². The van der Waals surface area contributed by atoms with Crippen LogP contribution in [0.2, 0.25) is 0 Å². The molecule has 1 saturated heterocycles. The number of amides is 1. The minimum atomic E-state index is -3.87. The van der Waals surface area contributed by atoms with Crippen LogP contribution in [0.5, 0.6) is 5.75 Å². The number of hydrogen-bond donors (Lipinski definition) is 2. The third-order valence-electron chi connectivity index (χ3n) is 5.08. The van der Waals surface area contributed by atoms with Gasteiger partial charge in [0.2, 0.25) is 0 Å². The minimum absolute atomic E-state index is 0.0627. The Hall–Kier alpha value is -3.43. The van der Waals surface area contributed by atoms with Gasteiger partial charge in [0.25, 0.3) is 15.9 Å². The summed E-state index contributed by atoms with van der Waals surface area (Å²) in [6.45, 7) is 1.23. The Labute approximate surface area is 191 Å². The summed E-state index contributed by atoms with van der Waals surface area (Å²) in [7, 11) is -3.87. The normalized spacial score (nSPS) is 15.7. The topological polar surface area (TPSA) is 93.7 Å². The van der Waals surface area contributed by atoms with Crippen molar-refractivity contribution in [2.24, 2.45) is 0 Å². The minimum Gasteiger partial charge on any atom is -0.491 e. The van der Waals surface area contributed by atoms with E-state index < -0.39 is 15.8 Å². The molecule has 1 aliphatic rings. The number of sulfonamides is 1. The molecule has 0 spiro atoms. The second kappa shape index (κ2) is 10.0. The Morgan fingerprint density at radius 3 is 2.48 bits per heavy atom. The first-order chi connectivity index (χ1) is 15.9. The van der Waals surface area contributed by atoms with Crippen LogP contribution in [-0.2, 0) is 14.8 Å². The molecule has 1 aliphatic heterocycles. The molecule has 0 radical (unpaired) electrons. The fourth-order valence-corrected chi connectivity index (χ4v) is 4.41. The van der Waals surface area contributed by atoms with Crippen LogP contribution >= 0.6 is 0 Å². The molecule has 1 amide bonds. The van der Waals surface area contributed by atoms with Gasteiger partial charge in [-0.3, -0.25) is 9.52 Å². The van der Waals surface area contributed by atoms with E-state index in [9.17, 15) is 17.6 Å². The molecule has 7 nitrogen and oxygen atoms in total. The Balaban J connectivity index is 1.36. The summed E-state index contributed by atoms with van der Waals surface area (Å²) in [4.78, 5) is 12.5. The molecule has 9 heteroatoms. The van der Waals surface area contributed by atoms with Crippen LogP contribution in [0.15, 0.2) is 77.7 Å². The Bertz CT molecular complexity index is 1210. The van der Waals surface area contributed by atoms with E-state index in [0.717, 1.165) is 31.6 Å². The molecular formula is C24H23FN2O5S. The molecule has 1 fully saturated rings. The first-order valence-electron chi connectivity index (χ1n) is 10.4. The molecule has 1 unspecified atom stereocenters. The Kier molecular flexibility index (Phi) is 6.90. The van der Waals surface area contributed by atoms with Crippen LogP contribution < -0.4 is 14.8 Å². The standard InChI is InChI=1S/C24H23FN2O5S/c25-18-8-12-23(13-9-18)33(29,30)27-19-10-6-17(7-11-19)24(28)26-20-3-1-4-21(15-20)32-16-22-5-2-14-31-22/h1,3-4,6-13,15,22,27H,2,5,14,16H2,(H,26,28). The van der Waals surface area contributed by atoms with Gasteiger partial charge in [0, 0.05) is 29.6 Å². The molecule has 0 saturated carbocycles. The third-order valence-corrected chi connectivity index (χ3v) is 6.47. The molecule has 1 atom stereocenters. The second-order valence-corrected chi connectivity index (χ2v) is 9.25. The van der Waals surface area contributed by atoms with Gasteiger partial charge in [-0.25, -0.2) is 12.8 Å². The Morgan fingerprint density at radius 1 is 1.03 bits per heavy atom. The lowest BCUT2D eigenvalue weighted by atomic mass is 10.2. The first-order valence-corrected chi connectivity index (χ1v) is 11.9. The Morgan fingerprint density at radius 2 is 1.79 bits per heavy atom. The van der Waals surface area contributed by atoms with Crippen LogP contribution in [0.1, 0.15) is 23.2 Å². The summed E-state index contributed by atoms with van der Waals surface area (Å²) >= 11 is 0. The van der Waals surface area contributed by atoms with Gasteiger partial charge >= 0.3 is 0 Å². The lowest BCUT2D eigenvalue weighted by Crippen LogP contribution is -2.16. The van der Waals surface area contributed by atoms with E-state index in [-0.39, 0.29) is 22.6 Å². The van der Waals surface area contributed by atoms with Gasteiger partial charge in [-0.2, -0.15) is 0 Å². The number of nitrogens with one attached hydrogen (secondary N) is 2. The van der Waals surface area contributed by atoms with Crippen LogP contribution in [0.25, 0.3) is 0 Å². The molecule has 3 aromatic rings. The van der Waals surface area contributed by atoms with E-state index in [0.29, 0.717) is 23.6 Å². The summed E-state index contributed by atoms with van der Waals surface area (Å²) in [6.07, 6.45) is 2.12. The van der Waals surface area contributed by atoms with Crippen molar-refractivity contribution in [3.63, 3.8) is 0 Å². The van der Waals surface area contributed by atoms with Crippen molar-refractivity contribution in [1.29, 1.82) is 0 Å². The predicted octanol–water partition coefficient (Wildman–Crippen LogP) is 4.44. The summed E-state index contributed by atoms with van der Waals surface area (Å²) < 4.78 is 51.6. The highest BCUT2D eigenvalue weighted by atomic mass is 32.2. The number of rotatable bonds is 8. The van der Waals surface area contributed by atoms with E-state index >= 15 is 0 Å². The van der Waals surface area contributed by atoms with Gasteiger partial charge in [-0.1, -0.05) is 6.07 Å². The number of ether oxygens (including phenoxy) is 2. The van der Waals surface area contributed by atoms with Gasteiger partial charge in [-0.05, 0) is 73.5 Å². The maximum Gasteiger partial charge on any atom is 0.261 e. The van der Waals surface area contributed by atoms with Crippen molar-refractivity contribution < 1.29 is 27.1 Å². The molecule has 0 aromatic heterocycles. The lowest BCUT2D eigenvalue weighted by molar-refractivity contribution is 0.0680. The molecule has 0 bridgehead atoms. The molecule has 33 heavy (non-hydrogen) atoms. The van der Waals surface area contributed by atoms with Crippen LogP contribution in [-0.4, -0.2) is 33.6 Å². The first kappa shape index (κ1) is 22.8. The molecule has 2 N–H and O–H groups in total. The van der Waals surface area contributed by atoms with E-state index in [1.54, 1.807) is 18.2 Å². The summed E-state index contributed by atoms with van der Waals surface area (Å²) in [5.74, 6) is -0.239. The number of halogens is 1. The van der Waals surface area contributed by atoms with Gasteiger partial charge in [-0.15, -0.1) is 0 Å². The highest BCUT2D eigenvalue weighted by molar-refractivity contribution is 7.92. The van der Waals surface area contributed by atoms with E-state index in [2.05, 4.69) is 10.0 Å². The lowest BCUT2D eigenvalue weighted by Gasteiger charge is -2.13. The van der Waals surface area contributed by atoms with Crippen molar-refractivity contribution in [2.75, 3.05) is 23.3 Å². The molecule has 172 valence electrons. The quantitative estimate of drug-likeness (QED) is 0.508. The number of anilines is 2. The van der Waals surface area contributed by atoms with Gasteiger partial charge in [0.05, 0.1) is 11.0 Å². The van der Waals surface area contributed by atoms with E-state index in [1.807, 2.05) is 6.07 Å². The van der Waals surface area contributed by atoms with E-state index in [4.69, 9.17) is 9.47 Å². The molecule has 1 heterocycles. The summed E-state index contributed by atoms with van der Waals surface area (Å²) in [5, 5.41) is 2.80. The van der Waals surface area contributed by atoms with Gasteiger partial charge in [0.1, 0.15) is 18.2 Å². The number of carbonyl (C=O) groups is 1. The number of benzene rings is 3. The van der Waals surface area contributed by atoms with Crippen LogP contribution in [0.4, 0.5) is 15.8 Å². The second-order valence-electron chi connectivity index (χ2n) is 7.56. The number of hydrogen-bond acceptors (Lipinski definition) is 5. The SMILES string of the molecule is O=C(Nc1cccc(OCC2CCCO2)c1)c1ccc(NS(=O)(=O)c2ccc(F)cc2)cc1. The monoisotopic (exact) mass is 470 g/mol. The fraction of sp³-hybridized carbons (Fsp3) is 0.208. The van der Waals surface area contributed by atoms with Crippen molar-refractivity contribution in [2.45, 2.75) is 23.8 Å². The highest BCUT2D eigenvalue weighted by Gasteiger charge is 2.17. The average molecular weight is 471 g/mol. The molecule has 0 aliphatic carbocycles. The average Bonchev–Trinajstić information content (AvgIpc) is 3.32. The molecule has 3 aromatic carbocycles. The third kappa shape index (κ3) is 6.09. The smallest absolute Gasteiger partial charge is 0.261 e. The highest BCUT2D eigenvalue weighted by Crippen LogP contribution is 2.21. The van der Waals surface area contributed by atoms with Crippen LogP contribution in [0.3, 0.4) is 0 Å². The van der Waals surface area contributed by atoms with Crippen LogP contribution in [0, 0.1) is 5.82 Å². The summed E-state index contributed by atoms with van der Waals surface area (Å²) in [6, 6.07) is 17.6.